The van der Waals surface area contributed by atoms with Crippen LogP contribution in [0.5, 0.6) is 0 Å². The molecule has 0 aliphatic heterocycles. The number of nitrogen functional groups attached to an aromatic ring is 1. The summed E-state index contributed by atoms with van der Waals surface area (Å²) in [6.07, 6.45) is 0. The fraction of sp³-hybridized carbons (Fsp3) is 0.200. The van der Waals surface area contributed by atoms with Crippen LogP contribution in [0.4, 0.5) is 15.8 Å². The van der Waals surface area contributed by atoms with Crippen LogP contribution in [0.3, 0.4) is 0 Å². The molecule has 0 aromatic heterocycles. The van der Waals surface area contributed by atoms with Gasteiger partial charge in [-0.2, -0.15) is 0 Å². The number of nitrogens with zero attached hydrogens (tertiary/aromatic N) is 1. The molecule has 0 aliphatic carbocycles. The molecule has 0 amide bonds. The summed E-state index contributed by atoms with van der Waals surface area (Å²) in [4.78, 5) is 2.03. The highest BCUT2D eigenvalue weighted by Crippen LogP contribution is 2.28. The molecular formula is C15H17FN2. The van der Waals surface area contributed by atoms with Crippen molar-refractivity contribution in [2.24, 2.45) is 0 Å². The zero-order chi connectivity index (χ0) is 13.3. The molecule has 0 fully saturated rings. The van der Waals surface area contributed by atoms with E-state index in [9.17, 15) is 4.39 Å². The molecule has 0 saturated carbocycles. The Kier molecular flexibility index (Phi) is 3.24. The maximum Gasteiger partial charge on any atom is 0.146 e. The third-order valence-electron chi connectivity index (χ3n) is 3.04. The van der Waals surface area contributed by atoms with Gasteiger partial charge in [0.25, 0.3) is 0 Å². The number of anilines is 2. The van der Waals surface area contributed by atoms with E-state index in [1.165, 1.54) is 6.07 Å². The summed E-state index contributed by atoms with van der Waals surface area (Å²) >= 11 is 0. The monoisotopic (exact) mass is 244 g/mol. The summed E-state index contributed by atoms with van der Waals surface area (Å²) in [6.45, 7) is 1.94. The van der Waals surface area contributed by atoms with E-state index < -0.39 is 0 Å². The van der Waals surface area contributed by atoms with Crippen molar-refractivity contribution in [1.29, 1.82) is 0 Å². The van der Waals surface area contributed by atoms with Crippen LogP contribution in [0.1, 0.15) is 5.56 Å². The molecule has 2 nitrogen and oxygen atoms in total. The Labute approximate surface area is 107 Å². The molecule has 0 bridgehead atoms. The fourth-order valence-corrected chi connectivity index (χ4v) is 1.95. The zero-order valence-corrected chi connectivity index (χ0v) is 10.9. The molecule has 3 heteroatoms. The first kappa shape index (κ1) is 12.4. The lowest BCUT2D eigenvalue weighted by Crippen LogP contribution is -2.07. The van der Waals surface area contributed by atoms with E-state index in [1.54, 1.807) is 6.07 Å². The summed E-state index contributed by atoms with van der Waals surface area (Å²) in [5.74, 6) is -0.368. The van der Waals surface area contributed by atoms with Gasteiger partial charge >= 0.3 is 0 Å². The minimum absolute atomic E-state index is 0.196. The molecule has 0 spiro atoms. The van der Waals surface area contributed by atoms with E-state index in [0.717, 1.165) is 22.4 Å². The third kappa shape index (κ3) is 2.30. The van der Waals surface area contributed by atoms with Crippen LogP contribution in [0, 0.1) is 12.7 Å². The van der Waals surface area contributed by atoms with Crippen molar-refractivity contribution < 1.29 is 4.39 Å². The average Bonchev–Trinajstić information content (AvgIpc) is 2.34. The highest BCUT2D eigenvalue weighted by Gasteiger charge is 2.07. The van der Waals surface area contributed by atoms with Crippen molar-refractivity contribution in [2.45, 2.75) is 6.92 Å². The first-order valence-corrected chi connectivity index (χ1v) is 5.82. The number of halogens is 1. The second-order valence-electron chi connectivity index (χ2n) is 4.63. The number of hydrogen-bond acceptors (Lipinski definition) is 2. The SMILES string of the molecule is Cc1cc(N)c(F)cc1-c1ccc(N(C)C)cc1. The van der Waals surface area contributed by atoms with Crippen LogP contribution in [-0.4, -0.2) is 14.1 Å². The Morgan fingerprint density at radius 1 is 1.06 bits per heavy atom. The van der Waals surface area contributed by atoms with E-state index in [1.807, 2.05) is 50.2 Å². The Bertz CT molecular complexity index is 559. The van der Waals surface area contributed by atoms with Crippen LogP contribution < -0.4 is 10.6 Å². The molecular weight excluding hydrogens is 227 g/mol. The van der Waals surface area contributed by atoms with E-state index in [2.05, 4.69) is 0 Å². The van der Waals surface area contributed by atoms with Crippen LogP contribution in [0.15, 0.2) is 36.4 Å². The number of rotatable bonds is 2. The number of nitrogens with two attached hydrogens (primary N) is 1. The van der Waals surface area contributed by atoms with Gasteiger partial charge in [0, 0.05) is 19.8 Å². The number of hydrogen-bond donors (Lipinski definition) is 1. The second-order valence-corrected chi connectivity index (χ2v) is 4.63. The van der Waals surface area contributed by atoms with Gasteiger partial charge in [0.05, 0.1) is 5.69 Å². The van der Waals surface area contributed by atoms with Crippen molar-refractivity contribution in [3.63, 3.8) is 0 Å². The van der Waals surface area contributed by atoms with E-state index in [4.69, 9.17) is 5.73 Å². The first-order chi connectivity index (χ1) is 8.49. The summed E-state index contributed by atoms with van der Waals surface area (Å²) in [6, 6.07) is 11.2. The van der Waals surface area contributed by atoms with Gasteiger partial charge in [-0.3, -0.25) is 0 Å². The Morgan fingerprint density at radius 2 is 1.67 bits per heavy atom. The molecule has 2 aromatic carbocycles. The molecule has 2 N–H and O–H groups in total. The lowest BCUT2D eigenvalue weighted by Gasteiger charge is -2.14. The topological polar surface area (TPSA) is 29.3 Å². The fourth-order valence-electron chi connectivity index (χ4n) is 1.95. The first-order valence-electron chi connectivity index (χ1n) is 5.82. The predicted octanol–water partition coefficient (Wildman–Crippen LogP) is 3.45. The lowest BCUT2D eigenvalue weighted by atomic mass is 9.99. The maximum absolute atomic E-state index is 13.5. The van der Waals surface area contributed by atoms with Crippen molar-refractivity contribution in [3.05, 3.63) is 47.8 Å². The second kappa shape index (κ2) is 4.69. The van der Waals surface area contributed by atoms with Crippen molar-refractivity contribution in [2.75, 3.05) is 24.7 Å². The van der Waals surface area contributed by atoms with Gasteiger partial charge in [0.1, 0.15) is 5.82 Å². The molecule has 0 unspecified atom stereocenters. The molecule has 18 heavy (non-hydrogen) atoms. The number of benzene rings is 2. The summed E-state index contributed by atoms with van der Waals surface area (Å²) < 4.78 is 13.5. The molecule has 94 valence electrons. The zero-order valence-electron chi connectivity index (χ0n) is 10.9. The molecule has 0 saturated heterocycles. The summed E-state index contributed by atoms with van der Waals surface area (Å²) in [5.41, 5.74) is 9.72. The maximum atomic E-state index is 13.5. The molecule has 2 rings (SSSR count). The summed E-state index contributed by atoms with van der Waals surface area (Å²) in [7, 11) is 3.98. The van der Waals surface area contributed by atoms with Gasteiger partial charge < -0.3 is 10.6 Å². The Hall–Kier alpha value is -2.03. The van der Waals surface area contributed by atoms with Gasteiger partial charge in [-0.1, -0.05) is 12.1 Å². The molecule has 0 aliphatic rings. The highest BCUT2D eigenvalue weighted by atomic mass is 19.1. The lowest BCUT2D eigenvalue weighted by molar-refractivity contribution is 0.632. The van der Waals surface area contributed by atoms with Crippen LogP contribution >= 0.6 is 0 Å². The predicted molar refractivity (Wildman–Crippen MR) is 75.3 cm³/mol. The van der Waals surface area contributed by atoms with Crippen molar-refractivity contribution in [3.8, 4) is 11.1 Å². The van der Waals surface area contributed by atoms with Crippen LogP contribution in [0.25, 0.3) is 11.1 Å². The van der Waals surface area contributed by atoms with Crippen LogP contribution in [0.2, 0.25) is 0 Å². The molecule has 0 atom stereocenters. The summed E-state index contributed by atoms with van der Waals surface area (Å²) in [5, 5.41) is 0. The van der Waals surface area contributed by atoms with Gasteiger partial charge in [0.15, 0.2) is 0 Å². The van der Waals surface area contributed by atoms with Gasteiger partial charge in [-0.15, -0.1) is 0 Å². The molecule has 0 heterocycles. The van der Waals surface area contributed by atoms with E-state index >= 15 is 0 Å². The largest absolute Gasteiger partial charge is 0.396 e. The average molecular weight is 244 g/mol. The smallest absolute Gasteiger partial charge is 0.146 e. The van der Waals surface area contributed by atoms with E-state index in [-0.39, 0.29) is 11.5 Å². The number of aryl methyl sites for hydroxylation is 1. The molecule has 0 radical (unpaired) electrons. The standard InChI is InChI=1S/C15H17FN2/c1-10-8-15(17)14(16)9-13(10)11-4-6-12(7-5-11)18(2)3/h4-9H,17H2,1-3H3. The van der Waals surface area contributed by atoms with Gasteiger partial charge in [0.2, 0.25) is 0 Å². The Morgan fingerprint density at radius 3 is 2.22 bits per heavy atom. The molecule has 2 aromatic rings. The quantitative estimate of drug-likeness (QED) is 0.820. The van der Waals surface area contributed by atoms with E-state index in [0.29, 0.717) is 0 Å². The normalized spacial score (nSPS) is 10.4. The highest BCUT2D eigenvalue weighted by molar-refractivity contribution is 5.71. The third-order valence-corrected chi connectivity index (χ3v) is 3.04. The van der Waals surface area contributed by atoms with Crippen molar-refractivity contribution in [1.82, 2.24) is 0 Å². The minimum Gasteiger partial charge on any atom is -0.396 e. The Balaban J connectivity index is 2.46. The van der Waals surface area contributed by atoms with Crippen LogP contribution in [-0.2, 0) is 0 Å². The van der Waals surface area contributed by atoms with Crippen molar-refractivity contribution >= 4 is 11.4 Å². The van der Waals surface area contributed by atoms with Gasteiger partial charge in [-0.25, -0.2) is 4.39 Å². The van der Waals surface area contributed by atoms with Gasteiger partial charge in [-0.05, 0) is 47.9 Å². The minimum atomic E-state index is -0.368.